The minimum Gasteiger partial charge on any atom is -0.412 e. The first-order valence-corrected chi connectivity index (χ1v) is 2.22. The molecule has 8 heavy (non-hydrogen) atoms. The van der Waals surface area contributed by atoms with Gasteiger partial charge in [0.05, 0.1) is 0 Å². The van der Waals surface area contributed by atoms with Crippen molar-refractivity contribution in [2.45, 2.75) is 5.28 Å². The Kier molecular flexibility index (Phi) is 19.6. The smallest absolute Gasteiger partial charge is 0.309 e. The van der Waals surface area contributed by atoms with E-state index in [0.717, 1.165) is 0 Å². The van der Waals surface area contributed by atoms with Crippen LogP contribution in [0.2, 0.25) is 5.28 Å². The van der Waals surface area contributed by atoms with Crippen molar-refractivity contribution in [1.29, 1.82) is 0 Å². The number of hydrogen-bond acceptors (Lipinski definition) is 3. The maximum atomic E-state index is 9.81. The second-order valence-corrected chi connectivity index (χ2v) is 1.10. The summed E-state index contributed by atoms with van der Waals surface area (Å²) < 4.78 is 0. The summed E-state index contributed by atoms with van der Waals surface area (Å²) >= 11 is 2.18. The van der Waals surface area contributed by atoms with E-state index >= 15 is 0 Å². The van der Waals surface area contributed by atoms with Crippen LogP contribution < -0.4 is 5.90 Å². The lowest BCUT2D eigenvalue weighted by Gasteiger charge is -1.86. The van der Waals surface area contributed by atoms with Gasteiger partial charge in [0.15, 0.2) is 0 Å². The third-order valence-corrected chi connectivity index (χ3v) is 0.631. The van der Waals surface area contributed by atoms with E-state index in [0.29, 0.717) is 0 Å². The van der Waals surface area contributed by atoms with E-state index in [1.54, 1.807) is 0 Å². The van der Waals surface area contributed by atoms with Gasteiger partial charge in [0.1, 0.15) is 16.3 Å². The highest BCUT2D eigenvalue weighted by Gasteiger charge is 1.87. The van der Waals surface area contributed by atoms with Gasteiger partial charge in [0.2, 0.25) is 0 Å². The van der Waals surface area contributed by atoms with Crippen LogP contribution in [-0.4, -0.2) is 33.2 Å². The van der Waals surface area contributed by atoms with Gasteiger partial charge >= 0.3 is 5.97 Å². The quantitative estimate of drug-likeness (QED) is 0.314. The Morgan fingerprint density at radius 3 is 2.00 bits per heavy atom. The van der Waals surface area contributed by atoms with Crippen molar-refractivity contribution in [3.05, 3.63) is 0 Å². The maximum absolute atomic E-state index is 9.81. The van der Waals surface area contributed by atoms with Gasteiger partial charge in [0.25, 0.3) is 0 Å². The summed E-state index contributed by atoms with van der Waals surface area (Å²) in [5.41, 5.74) is 0. The molecule has 6 N–H and O–H groups in total. The van der Waals surface area contributed by atoms with E-state index in [1.165, 1.54) is 0 Å². The molecule has 0 amide bonds. The molecule has 0 aromatic rings. The molecule has 0 rings (SSSR count). The summed E-state index contributed by atoms with van der Waals surface area (Å²) in [7, 11) is 0. The molecule has 0 saturated carbocycles. The van der Waals surface area contributed by atoms with Gasteiger partial charge in [-0.15, -0.1) is 0 Å². The number of hydrogen-bond donors (Lipinski definition) is 1. The molecule has 0 saturated heterocycles. The largest absolute Gasteiger partial charge is 0.412 e. The fourth-order valence-corrected chi connectivity index (χ4v) is 0.144. The molecular weight excluding hydrogens is 129 g/mol. The predicted octanol–water partition coefficient (Wildman–Crippen LogP) is -2.66. The number of rotatable bonds is 1. The minimum atomic E-state index is -0.417. The van der Waals surface area contributed by atoms with Crippen molar-refractivity contribution in [3.8, 4) is 0 Å². The van der Waals surface area contributed by atoms with Crippen LogP contribution in [0, 0.1) is 0 Å². The summed E-state index contributed by atoms with van der Waals surface area (Å²) in [6.07, 6.45) is 0. The van der Waals surface area contributed by atoms with Gasteiger partial charge in [-0.25, -0.2) is 0 Å². The van der Waals surface area contributed by atoms with E-state index in [-0.39, 0.29) is 16.2 Å². The normalized spacial score (nSPS) is 5.62. The standard InChI is InChI=1S/C2H4NO2.Al.2H2O/c1-2(4)5-3;;;/h1,3H2;;2*1H2. The Bertz CT molecular complexity index is 52.0. The number of carbonyl (C=O) groups is 1. The zero-order valence-corrected chi connectivity index (χ0v) is 5.33. The van der Waals surface area contributed by atoms with Gasteiger partial charge in [-0.2, -0.15) is 5.90 Å². The second kappa shape index (κ2) is 9.99. The monoisotopic (exact) mass is 137 g/mol. The minimum absolute atomic E-state index is 0. The average Bonchev–Trinajstić information content (AvgIpc) is 1.65. The van der Waals surface area contributed by atoms with Gasteiger partial charge in [-0.05, 0) is 5.28 Å². The number of carbonyl (C=O) groups excluding carboxylic acids is 1. The third kappa shape index (κ3) is 9.30. The summed E-state index contributed by atoms with van der Waals surface area (Å²) in [5.74, 6) is 4.00. The molecule has 2 radical (unpaired) electrons. The van der Waals surface area contributed by atoms with E-state index in [1.807, 2.05) is 0 Å². The molecule has 5 nitrogen and oxygen atoms in total. The Labute approximate surface area is 54.8 Å². The highest BCUT2D eigenvalue weighted by Crippen LogP contribution is 1.70. The highest BCUT2D eigenvalue weighted by atomic mass is 27.0. The molecular formula is C2H8AlNO4. The van der Waals surface area contributed by atoms with E-state index in [9.17, 15) is 4.79 Å². The molecule has 0 heterocycles. The molecule has 0 aliphatic carbocycles. The maximum Gasteiger partial charge on any atom is 0.309 e. The first kappa shape index (κ1) is 15.7. The molecule has 6 heteroatoms. The fourth-order valence-electron chi connectivity index (χ4n) is 0.0481. The molecule has 0 aromatic carbocycles. The van der Waals surface area contributed by atoms with Gasteiger partial charge in [-0.3, -0.25) is 4.79 Å². The average molecular weight is 137 g/mol. The fraction of sp³-hybridized carbons (Fsp3) is 0.500. The van der Waals surface area contributed by atoms with Crippen molar-refractivity contribution < 1.29 is 20.6 Å². The SMILES string of the molecule is NOC(=O)[CH2][Al].O.O. The summed E-state index contributed by atoms with van der Waals surface area (Å²) in [6.45, 7) is 0. The Morgan fingerprint density at radius 2 is 2.00 bits per heavy atom. The van der Waals surface area contributed by atoms with Crippen LogP contribution in [0.25, 0.3) is 0 Å². The Balaban J connectivity index is -0.000000125. The van der Waals surface area contributed by atoms with Gasteiger partial charge in [0, 0.05) is 0 Å². The molecule has 0 fully saturated rings. The van der Waals surface area contributed by atoms with Crippen LogP contribution in [0.1, 0.15) is 0 Å². The van der Waals surface area contributed by atoms with Crippen LogP contribution in [0.5, 0.6) is 0 Å². The second-order valence-electron chi connectivity index (χ2n) is 0.694. The lowest BCUT2D eigenvalue weighted by Crippen LogP contribution is -2.07. The van der Waals surface area contributed by atoms with Crippen LogP contribution in [0.3, 0.4) is 0 Å². The first-order chi connectivity index (χ1) is 2.81. The summed E-state index contributed by atoms with van der Waals surface area (Å²) in [4.78, 5) is 13.6. The van der Waals surface area contributed by atoms with Crippen molar-refractivity contribution in [2.75, 3.05) is 0 Å². The van der Waals surface area contributed by atoms with Crippen LogP contribution in [0.4, 0.5) is 0 Å². The molecule has 48 valence electrons. The number of nitrogens with two attached hydrogens (primary N) is 1. The van der Waals surface area contributed by atoms with E-state index in [4.69, 9.17) is 0 Å². The summed E-state index contributed by atoms with van der Waals surface area (Å²) in [6, 6.07) is 0. The molecule has 0 spiro atoms. The Morgan fingerprint density at radius 1 is 1.62 bits per heavy atom. The molecule has 0 aromatic heterocycles. The lowest BCUT2D eigenvalue weighted by atomic mass is 10.8. The zero-order chi connectivity index (χ0) is 4.99. The van der Waals surface area contributed by atoms with Crippen molar-refractivity contribution in [1.82, 2.24) is 0 Å². The van der Waals surface area contributed by atoms with Crippen molar-refractivity contribution in [3.63, 3.8) is 0 Å². The molecule has 0 bridgehead atoms. The van der Waals surface area contributed by atoms with E-state index < -0.39 is 5.97 Å². The molecule has 0 aliphatic rings. The van der Waals surface area contributed by atoms with Gasteiger partial charge < -0.3 is 15.8 Å². The predicted molar refractivity (Wildman–Crippen MR) is 28.1 cm³/mol. The first-order valence-electron chi connectivity index (χ1n) is 1.41. The zero-order valence-electron chi connectivity index (χ0n) is 4.18. The third-order valence-electron chi connectivity index (χ3n) is 0.298. The van der Waals surface area contributed by atoms with Crippen LogP contribution in [0.15, 0.2) is 0 Å². The van der Waals surface area contributed by atoms with Crippen molar-refractivity contribution >= 4 is 22.3 Å². The topological polar surface area (TPSA) is 115 Å². The van der Waals surface area contributed by atoms with Crippen molar-refractivity contribution in [2.24, 2.45) is 5.90 Å². The Hall–Kier alpha value is -0.118. The van der Waals surface area contributed by atoms with E-state index in [2.05, 4.69) is 27.0 Å². The highest BCUT2D eigenvalue weighted by molar-refractivity contribution is 6.18. The summed E-state index contributed by atoms with van der Waals surface area (Å²) in [5, 5.41) is 0.260. The van der Waals surface area contributed by atoms with Crippen LogP contribution >= 0.6 is 0 Å². The lowest BCUT2D eigenvalue weighted by molar-refractivity contribution is -0.141. The molecule has 0 atom stereocenters. The van der Waals surface area contributed by atoms with Crippen LogP contribution in [-0.2, 0) is 9.63 Å². The van der Waals surface area contributed by atoms with Gasteiger partial charge in [-0.1, -0.05) is 0 Å². The molecule has 0 unspecified atom stereocenters. The molecule has 0 aliphatic heterocycles.